The molecule has 0 aliphatic heterocycles. The van der Waals surface area contributed by atoms with E-state index in [-0.39, 0.29) is 0 Å². The van der Waals surface area contributed by atoms with Gasteiger partial charge in [-0.15, -0.1) is 0 Å². The van der Waals surface area contributed by atoms with Crippen molar-refractivity contribution in [2.75, 3.05) is 6.61 Å². The summed E-state index contributed by atoms with van der Waals surface area (Å²) in [5.41, 5.74) is -0.404. The highest BCUT2D eigenvalue weighted by Gasteiger charge is 2.81. The molecule has 0 saturated heterocycles. The Kier molecular flexibility index (Phi) is 6.16. The summed E-state index contributed by atoms with van der Waals surface area (Å²) < 4.78 is 117. The van der Waals surface area contributed by atoms with E-state index in [2.05, 4.69) is 11.3 Å². The van der Waals surface area contributed by atoms with Gasteiger partial charge in [0.2, 0.25) is 0 Å². The van der Waals surface area contributed by atoms with Crippen LogP contribution in [0.3, 0.4) is 0 Å². The van der Waals surface area contributed by atoms with Crippen LogP contribution in [0, 0.1) is 0 Å². The molecule has 0 aliphatic carbocycles. The predicted octanol–water partition coefficient (Wildman–Crippen LogP) is 3.32. The van der Waals surface area contributed by atoms with Gasteiger partial charge in [0, 0.05) is 5.57 Å². The summed E-state index contributed by atoms with van der Waals surface area (Å²) in [6.45, 7) is 2.50. The minimum atomic E-state index is -7.04. The average molecular weight is 362 g/mol. The van der Waals surface area contributed by atoms with Crippen molar-refractivity contribution in [1.29, 1.82) is 0 Å². The largest absolute Gasteiger partial charge is 0.460 e. The monoisotopic (exact) mass is 362 g/mol. The van der Waals surface area contributed by atoms with Crippen LogP contribution < -0.4 is 0 Å². The smallest absolute Gasteiger partial charge is 0.456 e. The van der Waals surface area contributed by atoms with Gasteiger partial charge in [0.15, 0.2) is 0 Å². The maximum absolute atomic E-state index is 13.3. The molecule has 12 heteroatoms. The zero-order valence-electron chi connectivity index (χ0n) is 11.4. The number of esters is 1. The van der Waals surface area contributed by atoms with E-state index in [1.54, 1.807) is 0 Å². The summed E-state index contributed by atoms with van der Waals surface area (Å²) >= 11 is 0. The van der Waals surface area contributed by atoms with Crippen LogP contribution in [-0.4, -0.2) is 47.7 Å². The Morgan fingerprint density at radius 2 is 1.48 bits per heavy atom. The quantitative estimate of drug-likeness (QED) is 0.429. The normalized spacial score (nSPS) is 15.3. The highest BCUT2D eigenvalue weighted by atomic mass is 19.4. The van der Waals surface area contributed by atoms with Gasteiger partial charge in [-0.3, -0.25) is 0 Å². The molecule has 1 atom stereocenters. The van der Waals surface area contributed by atoms with Gasteiger partial charge in [-0.1, -0.05) is 6.58 Å². The van der Waals surface area contributed by atoms with Crippen molar-refractivity contribution < 1.29 is 54.2 Å². The zero-order valence-corrected chi connectivity index (χ0v) is 11.4. The summed E-state index contributed by atoms with van der Waals surface area (Å²) in [5, 5.41) is 8.65. The summed E-state index contributed by atoms with van der Waals surface area (Å²) in [7, 11) is 0. The number of ether oxygens (including phenoxy) is 1. The van der Waals surface area contributed by atoms with Crippen molar-refractivity contribution in [2.24, 2.45) is 0 Å². The van der Waals surface area contributed by atoms with E-state index in [1.807, 2.05) is 0 Å². The first-order chi connectivity index (χ1) is 10.0. The Hall–Kier alpha value is -1.46. The van der Waals surface area contributed by atoms with Gasteiger partial charge >= 0.3 is 29.9 Å². The number of hydrogen-bond donors (Lipinski definition) is 1. The van der Waals surface area contributed by atoms with Crippen molar-refractivity contribution in [3.05, 3.63) is 12.2 Å². The van der Waals surface area contributed by atoms with Crippen molar-refractivity contribution >= 4 is 5.97 Å². The van der Waals surface area contributed by atoms with Crippen molar-refractivity contribution in [3.8, 4) is 0 Å². The highest BCUT2D eigenvalue weighted by Crippen LogP contribution is 2.54. The lowest BCUT2D eigenvalue weighted by molar-refractivity contribution is -0.398. The number of carbonyl (C=O) groups is 1. The molecular formula is C11H11F9O3. The van der Waals surface area contributed by atoms with Crippen LogP contribution in [0.1, 0.15) is 13.3 Å². The maximum atomic E-state index is 13.3. The van der Waals surface area contributed by atoms with Crippen LogP contribution >= 0.6 is 0 Å². The van der Waals surface area contributed by atoms with E-state index in [4.69, 9.17) is 5.11 Å². The first kappa shape index (κ1) is 21.5. The fourth-order valence-corrected chi connectivity index (χ4v) is 1.22. The second-order valence-electron chi connectivity index (χ2n) is 4.55. The van der Waals surface area contributed by atoms with Gasteiger partial charge in [-0.2, -0.15) is 39.5 Å². The van der Waals surface area contributed by atoms with Crippen LogP contribution in [0.15, 0.2) is 12.2 Å². The maximum Gasteiger partial charge on any atom is 0.460 e. The summed E-state index contributed by atoms with van der Waals surface area (Å²) in [6, 6.07) is 0. The third-order valence-electron chi connectivity index (χ3n) is 2.52. The average Bonchev–Trinajstić information content (AvgIpc) is 2.35. The van der Waals surface area contributed by atoms with Gasteiger partial charge in [0.05, 0.1) is 13.0 Å². The molecule has 23 heavy (non-hydrogen) atoms. The number of hydrogen-bond acceptors (Lipinski definition) is 3. The van der Waals surface area contributed by atoms with Crippen LogP contribution in [-0.2, 0) is 9.53 Å². The summed E-state index contributed by atoms with van der Waals surface area (Å²) in [6.07, 6.45) is -11.8. The van der Waals surface area contributed by atoms with E-state index in [9.17, 15) is 44.3 Å². The molecule has 0 radical (unpaired) electrons. The number of halogens is 9. The van der Waals surface area contributed by atoms with Crippen molar-refractivity contribution in [2.45, 2.75) is 43.4 Å². The molecule has 0 aliphatic rings. The van der Waals surface area contributed by atoms with E-state index < -0.39 is 54.6 Å². The lowest BCUT2D eigenvalue weighted by Crippen LogP contribution is -2.61. The molecule has 0 aromatic carbocycles. The van der Waals surface area contributed by atoms with E-state index in [1.165, 1.54) is 0 Å². The molecule has 0 saturated carbocycles. The fraction of sp³-hybridized carbons (Fsp3) is 0.727. The van der Waals surface area contributed by atoms with Crippen molar-refractivity contribution in [1.82, 2.24) is 0 Å². The predicted molar refractivity (Wildman–Crippen MR) is 57.3 cm³/mol. The number of aliphatic hydroxyl groups is 1. The third-order valence-corrected chi connectivity index (χ3v) is 2.52. The molecule has 0 fully saturated rings. The van der Waals surface area contributed by atoms with Gasteiger partial charge in [-0.05, 0) is 6.92 Å². The molecule has 136 valence electrons. The third kappa shape index (κ3) is 4.30. The second-order valence-corrected chi connectivity index (χ2v) is 4.55. The lowest BCUT2D eigenvalue weighted by atomic mass is 9.98. The molecule has 0 spiro atoms. The van der Waals surface area contributed by atoms with Crippen LogP contribution in [0.5, 0.6) is 0 Å². The zero-order chi connectivity index (χ0) is 18.9. The van der Waals surface area contributed by atoms with Crippen molar-refractivity contribution in [3.63, 3.8) is 0 Å². The summed E-state index contributed by atoms with van der Waals surface area (Å²) in [5.74, 6) is -21.2. The van der Waals surface area contributed by atoms with Gasteiger partial charge < -0.3 is 9.84 Å². The Balaban J connectivity index is 5.45. The number of alkyl halides is 9. The number of carbonyl (C=O) groups excluding carboxylic acids is 1. The van der Waals surface area contributed by atoms with Crippen LogP contribution in [0.2, 0.25) is 0 Å². The molecule has 1 N–H and O–H groups in total. The molecular weight excluding hydrogens is 351 g/mol. The SMILES string of the molecule is C=C(C)C(=O)OC(CO)CC(F)(F)C(F)(F)C(F)(F)C(F)(F)F. The molecule has 0 bridgehead atoms. The summed E-state index contributed by atoms with van der Waals surface area (Å²) in [4.78, 5) is 11.0. The molecule has 0 heterocycles. The Labute approximate surface area is 123 Å². The topological polar surface area (TPSA) is 46.5 Å². The molecule has 3 nitrogen and oxygen atoms in total. The highest BCUT2D eigenvalue weighted by molar-refractivity contribution is 5.87. The van der Waals surface area contributed by atoms with E-state index >= 15 is 0 Å². The molecule has 1 unspecified atom stereocenters. The minimum Gasteiger partial charge on any atom is -0.456 e. The van der Waals surface area contributed by atoms with Crippen LogP contribution in [0.4, 0.5) is 39.5 Å². The molecule has 0 amide bonds. The van der Waals surface area contributed by atoms with Gasteiger partial charge in [-0.25, -0.2) is 4.79 Å². The molecule has 0 rings (SSSR count). The fourth-order valence-electron chi connectivity index (χ4n) is 1.22. The van der Waals surface area contributed by atoms with Gasteiger partial charge in [0.1, 0.15) is 6.10 Å². The molecule has 0 aromatic heterocycles. The number of rotatable bonds is 7. The standard InChI is InChI=1S/C11H11F9O3/c1-5(2)7(22)23-6(4-21)3-8(12,13)9(14,15)10(16,17)11(18,19)20/h6,21H,1,3-4H2,2H3. The van der Waals surface area contributed by atoms with E-state index in [0.29, 0.717) is 0 Å². The second kappa shape index (κ2) is 6.57. The Bertz CT molecular complexity index is 456. The Morgan fingerprint density at radius 3 is 1.78 bits per heavy atom. The number of aliphatic hydroxyl groups excluding tert-OH is 1. The minimum absolute atomic E-state index is 0.404. The first-order valence-corrected chi connectivity index (χ1v) is 5.68. The molecule has 0 aromatic rings. The first-order valence-electron chi connectivity index (χ1n) is 5.68. The van der Waals surface area contributed by atoms with Crippen LogP contribution in [0.25, 0.3) is 0 Å². The Morgan fingerprint density at radius 1 is 1.04 bits per heavy atom. The van der Waals surface area contributed by atoms with Gasteiger partial charge in [0.25, 0.3) is 0 Å². The van der Waals surface area contributed by atoms with E-state index in [0.717, 1.165) is 6.92 Å². The lowest BCUT2D eigenvalue weighted by Gasteiger charge is -2.34.